The zero-order valence-corrected chi connectivity index (χ0v) is 19.7. The summed E-state index contributed by atoms with van der Waals surface area (Å²) in [5.41, 5.74) is 4.38. The van der Waals surface area contributed by atoms with E-state index in [1.807, 2.05) is 60.7 Å². The number of hydrogen-bond acceptors (Lipinski definition) is 5. The van der Waals surface area contributed by atoms with E-state index in [4.69, 9.17) is 0 Å². The molecule has 34 heavy (non-hydrogen) atoms. The lowest BCUT2D eigenvalue weighted by Gasteiger charge is -2.25. The molecule has 5 nitrogen and oxygen atoms in total. The lowest BCUT2D eigenvalue weighted by Crippen LogP contribution is -2.09. The van der Waals surface area contributed by atoms with Gasteiger partial charge in [-0.25, -0.2) is 4.99 Å². The maximum absolute atomic E-state index is 11.5. The molecular formula is C28H25N3O2S. The van der Waals surface area contributed by atoms with Crippen molar-refractivity contribution in [2.45, 2.75) is 18.2 Å². The Balaban J connectivity index is 1.62. The highest BCUT2D eigenvalue weighted by Crippen LogP contribution is 2.35. The molecule has 0 saturated heterocycles. The fourth-order valence-corrected chi connectivity index (χ4v) is 4.32. The minimum Gasteiger partial charge on any atom is -0.311 e. The minimum absolute atomic E-state index is 0.00745. The molecule has 170 valence electrons. The molecule has 0 unspecified atom stereocenters. The molecule has 0 heterocycles. The third-order valence-corrected chi connectivity index (χ3v) is 6.35. The predicted molar refractivity (Wildman–Crippen MR) is 142 cm³/mol. The van der Waals surface area contributed by atoms with Gasteiger partial charge in [-0.3, -0.25) is 10.1 Å². The van der Waals surface area contributed by atoms with Gasteiger partial charge < -0.3 is 4.90 Å². The third-order valence-electron chi connectivity index (χ3n) is 5.15. The van der Waals surface area contributed by atoms with Gasteiger partial charge in [-0.2, -0.15) is 0 Å². The highest BCUT2D eigenvalue weighted by Gasteiger charge is 2.14. The molecule has 0 amide bonds. The van der Waals surface area contributed by atoms with Crippen LogP contribution in [0.4, 0.5) is 28.4 Å². The summed E-state index contributed by atoms with van der Waals surface area (Å²) in [6, 6.07) is 33.5. The van der Waals surface area contributed by atoms with Gasteiger partial charge in [0.05, 0.1) is 4.92 Å². The molecule has 0 aliphatic rings. The van der Waals surface area contributed by atoms with E-state index < -0.39 is 0 Å². The van der Waals surface area contributed by atoms with Crippen molar-refractivity contribution in [3.63, 3.8) is 0 Å². The number of nitrogens with zero attached hydrogens (tertiary/aromatic N) is 3. The van der Waals surface area contributed by atoms with Crippen LogP contribution in [-0.2, 0) is 0 Å². The second-order valence-electron chi connectivity index (χ2n) is 7.61. The number of thioether (sulfide) groups is 1. The van der Waals surface area contributed by atoms with Gasteiger partial charge in [-0.15, -0.1) is 11.8 Å². The van der Waals surface area contributed by atoms with Crippen molar-refractivity contribution in [2.75, 3.05) is 10.7 Å². The first-order valence-corrected chi connectivity index (χ1v) is 12.1. The summed E-state index contributed by atoms with van der Waals surface area (Å²) in [6.07, 6.45) is 2.71. The van der Waals surface area contributed by atoms with E-state index in [0.717, 1.165) is 39.7 Å². The van der Waals surface area contributed by atoms with Crippen molar-refractivity contribution in [1.82, 2.24) is 0 Å². The SMILES string of the molecule is CCCSc1ccc([N+](=O)[O-])c(N=Cc2ccc(N(c3ccccc3)c3ccccc3)cc2)c1. The van der Waals surface area contributed by atoms with E-state index in [1.165, 1.54) is 6.07 Å². The summed E-state index contributed by atoms with van der Waals surface area (Å²) in [7, 11) is 0. The standard InChI is InChI=1S/C28H25N3O2S/c1-2-19-34-26-17-18-28(31(32)33)27(20-26)29-21-22-13-15-25(16-14-22)30(23-9-5-3-6-10-23)24-11-7-4-8-12-24/h3-18,20-21H,2,19H2,1H3. The van der Waals surface area contributed by atoms with E-state index in [1.54, 1.807) is 30.1 Å². The van der Waals surface area contributed by atoms with Crippen molar-refractivity contribution >= 4 is 46.4 Å². The molecule has 0 N–H and O–H groups in total. The molecule has 4 aromatic carbocycles. The Hall–Kier alpha value is -3.90. The number of anilines is 3. The molecule has 6 heteroatoms. The van der Waals surface area contributed by atoms with Crippen molar-refractivity contribution in [3.8, 4) is 0 Å². The van der Waals surface area contributed by atoms with Crippen molar-refractivity contribution < 1.29 is 4.92 Å². The normalized spacial score (nSPS) is 11.0. The lowest BCUT2D eigenvalue weighted by atomic mass is 10.1. The number of para-hydroxylation sites is 2. The van der Waals surface area contributed by atoms with Crippen LogP contribution >= 0.6 is 11.8 Å². The first kappa shape index (κ1) is 23.3. The second-order valence-corrected chi connectivity index (χ2v) is 8.78. The summed E-state index contributed by atoms with van der Waals surface area (Å²) >= 11 is 1.68. The molecule has 4 aromatic rings. The average Bonchev–Trinajstić information content (AvgIpc) is 2.88. The molecule has 0 fully saturated rings. The quantitative estimate of drug-likeness (QED) is 0.107. The molecular weight excluding hydrogens is 442 g/mol. The maximum atomic E-state index is 11.5. The number of nitro benzene ring substituents is 1. The van der Waals surface area contributed by atoms with E-state index in [2.05, 4.69) is 41.1 Å². The zero-order valence-electron chi connectivity index (χ0n) is 18.9. The Kier molecular flexibility index (Phi) is 7.73. The summed E-state index contributed by atoms with van der Waals surface area (Å²) < 4.78 is 0. The molecule has 0 aliphatic carbocycles. The Bertz CT molecular complexity index is 1220. The van der Waals surface area contributed by atoms with Crippen LogP contribution in [0.1, 0.15) is 18.9 Å². The maximum Gasteiger partial charge on any atom is 0.294 e. The van der Waals surface area contributed by atoms with Crippen molar-refractivity contribution in [2.24, 2.45) is 4.99 Å². The molecule has 0 aromatic heterocycles. The molecule has 0 aliphatic heterocycles. The van der Waals surface area contributed by atoms with E-state index in [0.29, 0.717) is 5.69 Å². The van der Waals surface area contributed by atoms with Crippen LogP contribution in [0.5, 0.6) is 0 Å². The fraction of sp³-hybridized carbons (Fsp3) is 0.107. The van der Waals surface area contributed by atoms with Crippen LogP contribution < -0.4 is 4.90 Å². The van der Waals surface area contributed by atoms with Gasteiger partial charge >= 0.3 is 0 Å². The molecule has 0 bridgehead atoms. The van der Waals surface area contributed by atoms with Gasteiger partial charge in [0.15, 0.2) is 0 Å². The Morgan fingerprint density at radius 2 is 1.44 bits per heavy atom. The summed E-state index contributed by atoms with van der Waals surface area (Å²) in [5, 5.41) is 11.5. The lowest BCUT2D eigenvalue weighted by molar-refractivity contribution is -0.384. The zero-order chi connectivity index (χ0) is 23.8. The van der Waals surface area contributed by atoms with Gasteiger partial charge in [-0.1, -0.05) is 55.5 Å². The van der Waals surface area contributed by atoms with Crippen LogP contribution in [0.25, 0.3) is 0 Å². The second kappa shape index (κ2) is 11.3. The van der Waals surface area contributed by atoms with Gasteiger partial charge in [0.25, 0.3) is 5.69 Å². The van der Waals surface area contributed by atoms with Gasteiger partial charge in [0, 0.05) is 34.2 Å². The minimum atomic E-state index is -0.387. The molecule has 0 radical (unpaired) electrons. The molecule has 0 saturated carbocycles. The van der Waals surface area contributed by atoms with Gasteiger partial charge in [0.1, 0.15) is 5.69 Å². The number of nitro groups is 1. The average molecular weight is 468 g/mol. The Morgan fingerprint density at radius 1 is 0.853 bits per heavy atom. The monoisotopic (exact) mass is 467 g/mol. The largest absolute Gasteiger partial charge is 0.311 e. The number of aliphatic imine (C=N–C) groups is 1. The summed E-state index contributed by atoms with van der Waals surface area (Å²) in [5.74, 6) is 0.960. The Morgan fingerprint density at radius 3 is 2.00 bits per heavy atom. The van der Waals surface area contributed by atoms with Crippen LogP contribution in [-0.4, -0.2) is 16.9 Å². The molecule has 0 spiro atoms. The Labute approximate surface area is 203 Å². The topological polar surface area (TPSA) is 58.7 Å². The number of hydrogen-bond donors (Lipinski definition) is 0. The summed E-state index contributed by atoms with van der Waals surface area (Å²) in [6.45, 7) is 2.11. The number of rotatable bonds is 9. The first-order chi connectivity index (χ1) is 16.7. The highest BCUT2D eigenvalue weighted by atomic mass is 32.2. The van der Waals surface area contributed by atoms with Crippen LogP contribution in [0, 0.1) is 10.1 Å². The van der Waals surface area contributed by atoms with E-state index in [9.17, 15) is 10.1 Å². The van der Waals surface area contributed by atoms with E-state index in [-0.39, 0.29) is 10.6 Å². The smallest absolute Gasteiger partial charge is 0.294 e. The predicted octanol–water partition coefficient (Wildman–Crippen LogP) is 8.32. The van der Waals surface area contributed by atoms with Crippen LogP contribution in [0.3, 0.4) is 0 Å². The van der Waals surface area contributed by atoms with Crippen molar-refractivity contribution in [3.05, 3.63) is 119 Å². The van der Waals surface area contributed by atoms with Gasteiger partial charge in [-0.05, 0) is 66.3 Å². The highest BCUT2D eigenvalue weighted by molar-refractivity contribution is 7.99. The molecule has 4 rings (SSSR count). The summed E-state index contributed by atoms with van der Waals surface area (Å²) in [4.78, 5) is 18.7. The van der Waals surface area contributed by atoms with E-state index >= 15 is 0 Å². The first-order valence-electron chi connectivity index (χ1n) is 11.1. The molecule has 0 atom stereocenters. The fourth-order valence-electron chi connectivity index (χ4n) is 3.53. The third kappa shape index (κ3) is 5.71. The van der Waals surface area contributed by atoms with Crippen LogP contribution in [0.2, 0.25) is 0 Å². The van der Waals surface area contributed by atoms with Crippen LogP contribution in [0.15, 0.2) is 113 Å². The van der Waals surface area contributed by atoms with Crippen molar-refractivity contribution in [1.29, 1.82) is 0 Å². The van der Waals surface area contributed by atoms with Gasteiger partial charge in [0.2, 0.25) is 0 Å². The number of benzene rings is 4.